The van der Waals surface area contributed by atoms with E-state index in [1.54, 1.807) is 0 Å². The third kappa shape index (κ3) is 3.15. The van der Waals surface area contributed by atoms with Crippen LogP contribution in [0.2, 0.25) is 0 Å². The Morgan fingerprint density at radius 1 is 1.28 bits per heavy atom. The number of thiazole rings is 1. The SMILES string of the molecule is COC(=O)c1nc(NC(=O)c2cc3ccccc3n2C)sc1C(C)C. The molecule has 1 amide bonds. The van der Waals surface area contributed by atoms with Gasteiger partial charge in [0.25, 0.3) is 5.91 Å². The molecule has 3 rings (SSSR count). The highest BCUT2D eigenvalue weighted by molar-refractivity contribution is 7.16. The first kappa shape index (κ1) is 17.2. The van der Waals surface area contributed by atoms with Gasteiger partial charge in [0.2, 0.25) is 0 Å². The van der Waals surface area contributed by atoms with Crippen molar-refractivity contribution in [3.63, 3.8) is 0 Å². The van der Waals surface area contributed by atoms with Gasteiger partial charge in [0, 0.05) is 22.8 Å². The van der Waals surface area contributed by atoms with Crippen LogP contribution >= 0.6 is 11.3 Å². The highest BCUT2D eigenvalue weighted by Crippen LogP contribution is 2.30. The maximum atomic E-state index is 12.7. The number of rotatable bonds is 4. The predicted molar refractivity (Wildman–Crippen MR) is 98.4 cm³/mol. The van der Waals surface area contributed by atoms with Crippen LogP contribution in [0.3, 0.4) is 0 Å². The van der Waals surface area contributed by atoms with E-state index < -0.39 is 5.97 Å². The lowest BCUT2D eigenvalue weighted by Crippen LogP contribution is -2.15. The zero-order valence-electron chi connectivity index (χ0n) is 14.5. The number of para-hydroxylation sites is 1. The number of ether oxygens (including phenoxy) is 1. The summed E-state index contributed by atoms with van der Waals surface area (Å²) in [4.78, 5) is 29.6. The highest BCUT2D eigenvalue weighted by Gasteiger charge is 2.22. The van der Waals surface area contributed by atoms with Crippen LogP contribution in [0.1, 0.15) is 45.6 Å². The molecule has 0 bridgehead atoms. The van der Waals surface area contributed by atoms with Crippen LogP contribution in [0.15, 0.2) is 30.3 Å². The molecule has 130 valence electrons. The van der Waals surface area contributed by atoms with Gasteiger partial charge in [0.15, 0.2) is 10.8 Å². The molecule has 0 fully saturated rings. The molecule has 0 spiro atoms. The van der Waals surface area contributed by atoms with E-state index in [-0.39, 0.29) is 17.5 Å². The smallest absolute Gasteiger partial charge is 0.357 e. The van der Waals surface area contributed by atoms with Crippen molar-refractivity contribution in [1.82, 2.24) is 9.55 Å². The molecule has 0 atom stereocenters. The minimum absolute atomic E-state index is 0.106. The molecule has 2 aromatic heterocycles. The van der Waals surface area contributed by atoms with Gasteiger partial charge in [-0.25, -0.2) is 9.78 Å². The van der Waals surface area contributed by atoms with Gasteiger partial charge in [-0.3, -0.25) is 10.1 Å². The van der Waals surface area contributed by atoms with Crippen LogP contribution in [-0.4, -0.2) is 28.5 Å². The number of aromatic nitrogens is 2. The number of carbonyl (C=O) groups is 2. The molecule has 6 nitrogen and oxygen atoms in total. The summed E-state index contributed by atoms with van der Waals surface area (Å²) >= 11 is 1.29. The van der Waals surface area contributed by atoms with E-state index in [1.165, 1.54) is 18.4 Å². The number of nitrogens with one attached hydrogen (secondary N) is 1. The molecular weight excluding hydrogens is 338 g/mol. The Bertz CT molecular complexity index is 956. The number of hydrogen-bond donors (Lipinski definition) is 1. The van der Waals surface area contributed by atoms with Crippen molar-refractivity contribution >= 4 is 39.2 Å². The lowest BCUT2D eigenvalue weighted by Gasteiger charge is -2.03. The maximum Gasteiger partial charge on any atom is 0.357 e. The number of methoxy groups -OCH3 is 1. The number of fused-ring (bicyclic) bond motifs is 1. The minimum atomic E-state index is -0.495. The van der Waals surface area contributed by atoms with Gasteiger partial charge >= 0.3 is 5.97 Å². The number of aryl methyl sites for hydroxylation is 1. The number of anilines is 1. The molecule has 0 aliphatic rings. The standard InChI is InChI=1S/C18H19N3O3S/c1-10(2)15-14(17(23)24-4)19-18(25-15)20-16(22)13-9-11-7-5-6-8-12(11)21(13)3/h5-10H,1-4H3,(H,19,20,22). The normalized spacial score (nSPS) is 11.1. The van der Waals surface area contributed by atoms with Crippen molar-refractivity contribution in [3.8, 4) is 0 Å². The second kappa shape index (κ2) is 6.68. The van der Waals surface area contributed by atoms with Crippen molar-refractivity contribution in [2.24, 2.45) is 7.05 Å². The molecule has 25 heavy (non-hydrogen) atoms. The first-order chi connectivity index (χ1) is 11.9. The largest absolute Gasteiger partial charge is 0.464 e. The summed E-state index contributed by atoms with van der Waals surface area (Å²) in [6.07, 6.45) is 0. The van der Waals surface area contributed by atoms with Gasteiger partial charge in [-0.1, -0.05) is 32.0 Å². The summed E-state index contributed by atoms with van der Waals surface area (Å²) in [6.45, 7) is 3.94. The first-order valence-corrected chi connectivity index (χ1v) is 8.69. The summed E-state index contributed by atoms with van der Waals surface area (Å²) in [5.41, 5.74) is 1.77. The highest BCUT2D eigenvalue weighted by atomic mass is 32.1. The molecule has 0 saturated heterocycles. The van der Waals surface area contributed by atoms with Crippen molar-refractivity contribution in [2.75, 3.05) is 12.4 Å². The van der Waals surface area contributed by atoms with Crippen LogP contribution < -0.4 is 5.32 Å². The molecule has 0 saturated carbocycles. The van der Waals surface area contributed by atoms with Crippen LogP contribution in [-0.2, 0) is 11.8 Å². The lowest BCUT2D eigenvalue weighted by atomic mass is 10.1. The molecule has 2 heterocycles. The molecule has 1 aromatic carbocycles. The molecule has 1 N–H and O–H groups in total. The predicted octanol–water partition coefficient (Wildman–Crippen LogP) is 3.80. The fourth-order valence-electron chi connectivity index (χ4n) is 2.69. The third-order valence-corrected chi connectivity index (χ3v) is 5.23. The van der Waals surface area contributed by atoms with E-state index in [2.05, 4.69) is 10.3 Å². The zero-order valence-corrected chi connectivity index (χ0v) is 15.3. The Morgan fingerprint density at radius 3 is 2.64 bits per heavy atom. The van der Waals surface area contributed by atoms with Gasteiger partial charge < -0.3 is 9.30 Å². The van der Waals surface area contributed by atoms with Gasteiger partial charge in [-0.15, -0.1) is 11.3 Å². The fraction of sp³-hybridized carbons (Fsp3) is 0.278. The average Bonchev–Trinajstić information content (AvgIpc) is 3.16. The number of nitrogens with zero attached hydrogens (tertiary/aromatic N) is 2. The number of esters is 1. The molecule has 0 radical (unpaired) electrons. The van der Waals surface area contributed by atoms with Gasteiger partial charge in [-0.2, -0.15) is 0 Å². The van der Waals surface area contributed by atoms with Crippen molar-refractivity contribution in [1.29, 1.82) is 0 Å². The Labute approximate surface area is 149 Å². The first-order valence-electron chi connectivity index (χ1n) is 7.87. The molecule has 3 aromatic rings. The van der Waals surface area contributed by atoms with Gasteiger partial charge in [0.1, 0.15) is 5.69 Å². The topological polar surface area (TPSA) is 73.2 Å². The van der Waals surface area contributed by atoms with Gasteiger partial charge in [-0.05, 0) is 18.1 Å². The molecule has 7 heteroatoms. The van der Waals surface area contributed by atoms with Crippen LogP contribution in [0.4, 0.5) is 5.13 Å². The van der Waals surface area contributed by atoms with E-state index in [9.17, 15) is 9.59 Å². The maximum absolute atomic E-state index is 12.7. The van der Waals surface area contributed by atoms with Crippen molar-refractivity contribution in [3.05, 3.63) is 46.6 Å². The quantitative estimate of drug-likeness (QED) is 0.721. The van der Waals surface area contributed by atoms with Crippen LogP contribution in [0.5, 0.6) is 0 Å². The number of carbonyl (C=O) groups excluding carboxylic acids is 2. The number of hydrogen-bond acceptors (Lipinski definition) is 5. The van der Waals surface area contributed by atoms with Crippen LogP contribution in [0.25, 0.3) is 10.9 Å². The monoisotopic (exact) mass is 357 g/mol. The third-order valence-electron chi connectivity index (χ3n) is 3.96. The van der Waals surface area contributed by atoms with Crippen molar-refractivity contribution in [2.45, 2.75) is 19.8 Å². The summed E-state index contributed by atoms with van der Waals surface area (Å²) in [5.74, 6) is -0.654. The second-order valence-corrected chi connectivity index (χ2v) is 7.01. The van der Waals surface area contributed by atoms with E-state index in [0.29, 0.717) is 10.8 Å². The van der Waals surface area contributed by atoms with E-state index in [0.717, 1.165) is 15.8 Å². The molecule has 0 aliphatic heterocycles. The van der Waals surface area contributed by atoms with E-state index in [4.69, 9.17) is 4.74 Å². The second-order valence-electron chi connectivity index (χ2n) is 5.98. The fourth-order valence-corrected chi connectivity index (χ4v) is 3.64. The molecular formula is C18H19N3O3S. The minimum Gasteiger partial charge on any atom is -0.464 e. The Balaban J connectivity index is 1.92. The summed E-state index contributed by atoms with van der Waals surface area (Å²) in [6, 6.07) is 9.62. The number of benzene rings is 1. The van der Waals surface area contributed by atoms with E-state index >= 15 is 0 Å². The summed E-state index contributed by atoms with van der Waals surface area (Å²) < 4.78 is 6.61. The Kier molecular flexibility index (Phi) is 4.59. The van der Waals surface area contributed by atoms with Crippen LogP contribution in [0, 0.1) is 0 Å². The summed E-state index contributed by atoms with van der Waals surface area (Å²) in [5, 5.41) is 4.18. The number of amides is 1. The Morgan fingerprint density at radius 2 is 2.00 bits per heavy atom. The van der Waals surface area contributed by atoms with Gasteiger partial charge in [0.05, 0.1) is 7.11 Å². The van der Waals surface area contributed by atoms with Crippen molar-refractivity contribution < 1.29 is 14.3 Å². The lowest BCUT2D eigenvalue weighted by molar-refractivity contribution is 0.0593. The molecule has 0 unspecified atom stereocenters. The Hall–Kier alpha value is -2.67. The summed E-state index contributed by atoms with van der Waals surface area (Å²) in [7, 11) is 3.16. The average molecular weight is 357 g/mol. The zero-order chi connectivity index (χ0) is 18.1. The molecule has 0 aliphatic carbocycles. The van der Waals surface area contributed by atoms with E-state index in [1.807, 2.05) is 55.8 Å².